The Balaban J connectivity index is 1.25. The number of nitriles is 1. The fourth-order valence-corrected chi connectivity index (χ4v) is 4.64. The minimum absolute atomic E-state index is 0.0635. The van der Waals surface area contributed by atoms with Crippen LogP contribution in [0.15, 0.2) is 40.9 Å². The number of urea groups is 1. The van der Waals surface area contributed by atoms with Crippen molar-refractivity contribution in [3.8, 4) is 23.1 Å². The first kappa shape index (κ1) is 21.9. The zero-order valence-corrected chi connectivity index (χ0v) is 18.8. The van der Waals surface area contributed by atoms with Crippen LogP contribution in [0.5, 0.6) is 5.75 Å². The molecule has 1 aromatic carbocycles. The van der Waals surface area contributed by atoms with E-state index in [1.807, 2.05) is 18.4 Å². The van der Waals surface area contributed by atoms with Crippen molar-refractivity contribution < 1.29 is 18.3 Å². The summed E-state index contributed by atoms with van der Waals surface area (Å²) in [6.45, 7) is 2.35. The molecule has 0 radical (unpaired) electrons. The quantitative estimate of drug-likeness (QED) is 0.556. The smallest absolute Gasteiger partial charge is 0.341 e. The van der Waals surface area contributed by atoms with Crippen molar-refractivity contribution in [3.63, 3.8) is 0 Å². The molecule has 2 aromatic heterocycles. The lowest BCUT2D eigenvalue weighted by atomic mass is 10.0. The highest BCUT2D eigenvalue weighted by Crippen LogP contribution is 2.33. The van der Waals surface area contributed by atoms with Gasteiger partial charge in [0.1, 0.15) is 11.9 Å². The van der Waals surface area contributed by atoms with E-state index in [0.29, 0.717) is 17.7 Å². The summed E-state index contributed by atoms with van der Waals surface area (Å²) in [6.07, 6.45) is 2.72. The first-order valence-electron chi connectivity index (χ1n) is 10.5. The minimum Gasteiger partial charge on any atom is -0.483 e. The number of carbonyl (C=O) groups excluding carboxylic acids is 1. The first-order valence-corrected chi connectivity index (χ1v) is 11.3. The molecule has 0 saturated carbocycles. The van der Waals surface area contributed by atoms with Crippen molar-refractivity contribution in [3.05, 3.63) is 64.3 Å². The summed E-state index contributed by atoms with van der Waals surface area (Å²) < 4.78 is 38.2. The molecule has 0 aliphatic carbocycles. The van der Waals surface area contributed by atoms with Crippen LogP contribution in [0.1, 0.15) is 29.3 Å². The Labute approximate surface area is 197 Å². The van der Waals surface area contributed by atoms with Gasteiger partial charge in [-0.25, -0.2) is 18.6 Å². The van der Waals surface area contributed by atoms with E-state index >= 15 is 0 Å². The number of hydrogen-bond acceptors (Lipinski definition) is 7. The molecule has 1 saturated heterocycles. The number of pyridine rings is 1. The summed E-state index contributed by atoms with van der Waals surface area (Å²) >= 11 is 1.30. The van der Waals surface area contributed by atoms with Crippen LogP contribution < -0.4 is 4.74 Å². The van der Waals surface area contributed by atoms with Crippen LogP contribution in [0, 0.1) is 29.9 Å². The van der Waals surface area contributed by atoms with Gasteiger partial charge in [-0.1, -0.05) is 0 Å². The third kappa shape index (κ3) is 4.08. The van der Waals surface area contributed by atoms with E-state index in [9.17, 15) is 13.6 Å². The Morgan fingerprint density at radius 3 is 2.82 bits per heavy atom. The molecule has 0 unspecified atom stereocenters. The minimum atomic E-state index is -0.585. The van der Waals surface area contributed by atoms with Crippen LogP contribution in [0.3, 0.4) is 0 Å². The maximum Gasteiger partial charge on any atom is 0.341 e. The zero-order valence-electron chi connectivity index (χ0n) is 18.0. The van der Waals surface area contributed by atoms with Crippen LogP contribution >= 0.6 is 11.5 Å². The molecule has 3 aromatic rings. The third-order valence-corrected chi connectivity index (χ3v) is 6.44. The van der Waals surface area contributed by atoms with Gasteiger partial charge in [0, 0.05) is 29.6 Å². The van der Waals surface area contributed by atoms with E-state index in [1.165, 1.54) is 33.6 Å². The molecule has 1 fully saturated rings. The van der Waals surface area contributed by atoms with Crippen molar-refractivity contribution >= 4 is 23.8 Å². The number of likely N-dealkylation sites (tertiary alicyclic amines) is 1. The van der Waals surface area contributed by atoms with E-state index in [0.717, 1.165) is 23.5 Å². The fourth-order valence-electron chi connectivity index (χ4n) is 3.93. The number of halogens is 2. The summed E-state index contributed by atoms with van der Waals surface area (Å²) in [5.41, 5.74) is 2.86. The van der Waals surface area contributed by atoms with Gasteiger partial charge in [0.25, 0.3) is 0 Å². The molecule has 11 heteroatoms. The Morgan fingerprint density at radius 2 is 2.09 bits per heavy atom. The Bertz CT molecular complexity index is 1330. The first-order chi connectivity index (χ1) is 16.4. The van der Waals surface area contributed by atoms with Gasteiger partial charge in [0.2, 0.25) is 0 Å². The van der Waals surface area contributed by atoms with E-state index in [4.69, 9.17) is 10.00 Å². The number of hydrogen-bond donors (Lipinski definition) is 0. The predicted octanol–water partition coefficient (Wildman–Crippen LogP) is 4.28. The van der Waals surface area contributed by atoms with Crippen molar-refractivity contribution in [1.29, 1.82) is 5.26 Å². The van der Waals surface area contributed by atoms with E-state index in [2.05, 4.69) is 14.5 Å². The van der Waals surface area contributed by atoms with E-state index in [1.54, 1.807) is 12.3 Å². The summed E-state index contributed by atoms with van der Waals surface area (Å²) in [7, 11) is 0. The highest BCUT2D eigenvalue weighted by Gasteiger charge is 2.39. The Morgan fingerprint density at radius 1 is 1.26 bits per heavy atom. The second-order valence-electron chi connectivity index (χ2n) is 8.02. The molecule has 172 valence electrons. The van der Waals surface area contributed by atoms with Gasteiger partial charge in [-0.15, -0.1) is 0 Å². The standard InChI is InChI=1S/C23H18F2N6O2S/c1-13-18(12-34-29-13)20-7-22(19(25)9-27-20)33-17-10-30(11-17)23(32)31-21(2-3-28-31)15-4-14(8-26)5-16(24)6-15/h3-7,9,12,17,21H,2,10-11H2,1H3/t21-/m0/s1. The number of rotatable bonds is 4. The van der Waals surface area contributed by atoms with Gasteiger partial charge in [-0.2, -0.15) is 14.7 Å². The van der Waals surface area contributed by atoms with E-state index in [-0.39, 0.29) is 36.5 Å². The Kier molecular flexibility index (Phi) is 5.67. The molecular weight excluding hydrogens is 462 g/mol. The largest absolute Gasteiger partial charge is 0.483 e. The monoisotopic (exact) mass is 480 g/mol. The van der Waals surface area contributed by atoms with Crippen LogP contribution in [0.2, 0.25) is 0 Å². The van der Waals surface area contributed by atoms with Crippen molar-refractivity contribution in [1.82, 2.24) is 19.3 Å². The van der Waals surface area contributed by atoms with Crippen molar-refractivity contribution in [2.45, 2.75) is 25.5 Å². The fraction of sp³-hybridized carbons (Fsp3) is 0.261. The average Bonchev–Trinajstić information content (AvgIpc) is 3.45. The summed E-state index contributed by atoms with van der Waals surface area (Å²) in [5.74, 6) is -1.07. The maximum atomic E-state index is 14.3. The molecule has 0 bridgehead atoms. The van der Waals surface area contributed by atoms with Gasteiger partial charge >= 0.3 is 6.03 Å². The molecular formula is C23H18F2N6O2S. The number of ether oxygens (including phenoxy) is 1. The lowest BCUT2D eigenvalue weighted by Crippen LogP contribution is -2.58. The maximum absolute atomic E-state index is 14.3. The molecule has 2 aliphatic rings. The van der Waals surface area contributed by atoms with Gasteiger partial charge in [-0.3, -0.25) is 4.98 Å². The summed E-state index contributed by atoms with van der Waals surface area (Å²) in [4.78, 5) is 18.6. The highest BCUT2D eigenvalue weighted by molar-refractivity contribution is 7.04. The number of benzene rings is 1. The van der Waals surface area contributed by atoms with Crippen LogP contribution in [-0.2, 0) is 0 Å². The molecule has 1 atom stereocenters. The molecule has 4 heterocycles. The second kappa shape index (κ2) is 8.79. The van der Waals surface area contributed by atoms with Gasteiger partial charge in [-0.05, 0) is 42.2 Å². The number of aryl methyl sites for hydroxylation is 1. The van der Waals surface area contributed by atoms with Gasteiger partial charge < -0.3 is 9.64 Å². The number of carbonyl (C=O) groups is 1. The lowest BCUT2D eigenvalue weighted by Gasteiger charge is -2.41. The van der Waals surface area contributed by atoms with E-state index < -0.39 is 17.7 Å². The van der Waals surface area contributed by atoms with Crippen LogP contribution in [0.4, 0.5) is 13.6 Å². The molecule has 8 nitrogen and oxygen atoms in total. The van der Waals surface area contributed by atoms with Crippen molar-refractivity contribution in [2.24, 2.45) is 5.10 Å². The van der Waals surface area contributed by atoms with Gasteiger partial charge in [0.15, 0.2) is 11.6 Å². The third-order valence-electron chi connectivity index (χ3n) is 5.72. The number of aromatic nitrogens is 2. The number of nitrogens with zero attached hydrogens (tertiary/aromatic N) is 6. The number of amides is 2. The second-order valence-corrected chi connectivity index (χ2v) is 8.65. The normalized spacial score (nSPS) is 17.5. The average molecular weight is 481 g/mol. The predicted molar refractivity (Wildman–Crippen MR) is 120 cm³/mol. The highest BCUT2D eigenvalue weighted by atomic mass is 32.1. The van der Waals surface area contributed by atoms with Gasteiger partial charge in [0.05, 0.1) is 48.3 Å². The Hall–Kier alpha value is -3.91. The molecule has 34 heavy (non-hydrogen) atoms. The topological polar surface area (TPSA) is 94.7 Å². The molecule has 2 aliphatic heterocycles. The molecule has 0 spiro atoms. The van der Waals surface area contributed by atoms with Crippen LogP contribution in [-0.4, -0.2) is 50.7 Å². The molecule has 2 amide bonds. The number of hydrazone groups is 1. The summed E-state index contributed by atoms with van der Waals surface area (Å²) in [6, 6.07) is 6.59. The van der Waals surface area contributed by atoms with Crippen molar-refractivity contribution in [2.75, 3.05) is 13.1 Å². The molecule has 0 N–H and O–H groups in total. The lowest BCUT2D eigenvalue weighted by molar-refractivity contribution is 0.0257. The zero-order chi connectivity index (χ0) is 23.8. The summed E-state index contributed by atoms with van der Waals surface area (Å²) in [5, 5.41) is 16.4. The SMILES string of the molecule is Cc1nscc1-c1cc(OC2CN(C(=O)N3N=CC[C@H]3c3cc(F)cc(C#N)c3)C2)c(F)cn1. The molecule has 5 rings (SSSR count). The van der Waals surface area contributed by atoms with Crippen LogP contribution in [0.25, 0.3) is 11.3 Å².